The van der Waals surface area contributed by atoms with Crippen molar-refractivity contribution in [3.63, 3.8) is 0 Å². The lowest BCUT2D eigenvalue weighted by Gasteiger charge is -2.37. The third kappa shape index (κ3) is 3.74. The fraction of sp³-hybridized carbons (Fsp3) is 1.00. The van der Waals surface area contributed by atoms with Crippen molar-refractivity contribution in [3.8, 4) is 0 Å². The summed E-state index contributed by atoms with van der Waals surface area (Å²) in [5.74, 6) is 1.41. The molecule has 1 aliphatic carbocycles. The molecule has 2 nitrogen and oxygen atoms in total. The van der Waals surface area contributed by atoms with Crippen LogP contribution >= 0.6 is 0 Å². The second kappa shape index (κ2) is 7.29. The summed E-state index contributed by atoms with van der Waals surface area (Å²) < 4.78 is 6.03. The molecule has 16 heavy (non-hydrogen) atoms. The minimum absolute atomic E-state index is 0.412. The summed E-state index contributed by atoms with van der Waals surface area (Å²) in [6.45, 7) is 7.53. The van der Waals surface area contributed by atoms with Crippen molar-refractivity contribution in [2.45, 2.75) is 65.0 Å². The van der Waals surface area contributed by atoms with Gasteiger partial charge in [0, 0.05) is 12.6 Å². The smallest absolute Gasteiger partial charge is 0.0758 e. The molecule has 96 valence electrons. The van der Waals surface area contributed by atoms with Crippen molar-refractivity contribution in [2.24, 2.45) is 11.8 Å². The van der Waals surface area contributed by atoms with E-state index in [4.69, 9.17) is 4.74 Å². The highest BCUT2D eigenvalue weighted by Gasteiger charge is 2.31. The molecule has 0 radical (unpaired) electrons. The Morgan fingerprint density at radius 2 is 1.81 bits per heavy atom. The number of hydrogen-bond acceptors (Lipinski definition) is 2. The molecule has 0 aromatic carbocycles. The highest BCUT2D eigenvalue weighted by molar-refractivity contribution is 4.86. The van der Waals surface area contributed by atoms with E-state index in [0.29, 0.717) is 18.1 Å². The van der Waals surface area contributed by atoms with Gasteiger partial charge in [0.05, 0.1) is 6.10 Å². The van der Waals surface area contributed by atoms with Crippen LogP contribution in [-0.4, -0.2) is 25.8 Å². The first-order chi connectivity index (χ1) is 7.70. The summed E-state index contributed by atoms with van der Waals surface area (Å²) >= 11 is 0. The average molecular weight is 227 g/mol. The maximum absolute atomic E-state index is 6.03. The SMILES string of the molecule is CCOC(C1CCCCC1)C(NC)C(C)C. The second-order valence-electron chi connectivity index (χ2n) is 5.38. The molecule has 2 atom stereocenters. The zero-order valence-electron chi connectivity index (χ0n) is 11.5. The van der Waals surface area contributed by atoms with Crippen LogP contribution in [0.5, 0.6) is 0 Å². The zero-order valence-corrected chi connectivity index (χ0v) is 11.5. The predicted octanol–water partition coefficient (Wildman–Crippen LogP) is 3.22. The van der Waals surface area contributed by atoms with Gasteiger partial charge in [-0.05, 0) is 38.6 Å². The number of hydrogen-bond donors (Lipinski definition) is 1. The van der Waals surface area contributed by atoms with Gasteiger partial charge in [0.2, 0.25) is 0 Å². The fourth-order valence-electron chi connectivity index (χ4n) is 3.07. The van der Waals surface area contributed by atoms with E-state index in [2.05, 4.69) is 33.1 Å². The van der Waals surface area contributed by atoms with Crippen LogP contribution in [0.15, 0.2) is 0 Å². The van der Waals surface area contributed by atoms with Gasteiger partial charge in [-0.15, -0.1) is 0 Å². The topological polar surface area (TPSA) is 21.3 Å². The lowest BCUT2D eigenvalue weighted by molar-refractivity contribution is -0.0260. The third-order valence-electron chi connectivity index (χ3n) is 3.88. The Morgan fingerprint density at radius 3 is 2.25 bits per heavy atom. The molecule has 0 heterocycles. The van der Waals surface area contributed by atoms with Gasteiger partial charge in [0.15, 0.2) is 0 Å². The normalized spacial score (nSPS) is 22.3. The Bertz CT molecular complexity index is 176. The second-order valence-corrected chi connectivity index (χ2v) is 5.38. The van der Waals surface area contributed by atoms with Gasteiger partial charge in [-0.25, -0.2) is 0 Å². The summed E-state index contributed by atoms with van der Waals surface area (Å²) in [4.78, 5) is 0. The molecule has 2 unspecified atom stereocenters. The van der Waals surface area contributed by atoms with Crippen LogP contribution in [0.2, 0.25) is 0 Å². The van der Waals surface area contributed by atoms with E-state index in [1.54, 1.807) is 0 Å². The lowest BCUT2D eigenvalue weighted by Crippen LogP contribution is -2.47. The Labute approximate surface area is 101 Å². The maximum Gasteiger partial charge on any atom is 0.0758 e. The summed E-state index contributed by atoms with van der Waals surface area (Å²) in [5, 5.41) is 3.46. The van der Waals surface area contributed by atoms with Crippen molar-refractivity contribution in [2.75, 3.05) is 13.7 Å². The molecule has 1 rings (SSSR count). The maximum atomic E-state index is 6.03. The minimum atomic E-state index is 0.412. The first-order valence-corrected chi connectivity index (χ1v) is 6.99. The Hall–Kier alpha value is -0.0800. The van der Waals surface area contributed by atoms with Crippen molar-refractivity contribution in [3.05, 3.63) is 0 Å². The molecule has 0 aromatic heterocycles. The molecule has 1 fully saturated rings. The van der Waals surface area contributed by atoms with Gasteiger partial charge >= 0.3 is 0 Å². The molecule has 0 aromatic rings. The van der Waals surface area contributed by atoms with Gasteiger partial charge in [0.25, 0.3) is 0 Å². The van der Waals surface area contributed by atoms with Crippen LogP contribution in [0, 0.1) is 11.8 Å². The lowest BCUT2D eigenvalue weighted by atomic mass is 9.80. The first kappa shape index (κ1) is 14.0. The standard InChI is InChI=1S/C14H29NO/c1-5-16-14(13(15-4)11(2)3)12-9-7-6-8-10-12/h11-15H,5-10H2,1-4H3. The molecular formula is C14H29NO. The van der Waals surface area contributed by atoms with Crippen molar-refractivity contribution >= 4 is 0 Å². The number of ether oxygens (including phenoxy) is 1. The molecule has 1 saturated carbocycles. The molecule has 0 bridgehead atoms. The van der Waals surface area contributed by atoms with Crippen LogP contribution in [0.3, 0.4) is 0 Å². The molecular weight excluding hydrogens is 198 g/mol. The third-order valence-corrected chi connectivity index (χ3v) is 3.88. The van der Waals surface area contributed by atoms with Crippen LogP contribution in [0.1, 0.15) is 52.9 Å². The van der Waals surface area contributed by atoms with Crippen molar-refractivity contribution in [1.29, 1.82) is 0 Å². The van der Waals surface area contributed by atoms with Crippen LogP contribution < -0.4 is 5.32 Å². The van der Waals surface area contributed by atoms with E-state index in [1.807, 2.05) is 0 Å². The number of rotatable bonds is 6. The molecule has 2 heteroatoms. The van der Waals surface area contributed by atoms with E-state index in [0.717, 1.165) is 12.5 Å². The van der Waals surface area contributed by atoms with E-state index in [1.165, 1.54) is 32.1 Å². The van der Waals surface area contributed by atoms with Gasteiger partial charge in [-0.3, -0.25) is 0 Å². The number of likely N-dealkylation sites (N-methyl/N-ethyl adjacent to an activating group) is 1. The summed E-state index contributed by atoms with van der Waals surface area (Å²) in [6.07, 6.45) is 7.33. The molecule has 0 amide bonds. The van der Waals surface area contributed by atoms with Crippen LogP contribution in [0.25, 0.3) is 0 Å². The highest BCUT2D eigenvalue weighted by atomic mass is 16.5. The monoisotopic (exact) mass is 227 g/mol. The van der Waals surface area contributed by atoms with Gasteiger partial charge in [-0.2, -0.15) is 0 Å². The molecule has 0 saturated heterocycles. The summed E-state index contributed by atoms with van der Waals surface area (Å²) in [5.41, 5.74) is 0. The average Bonchev–Trinajstić information content (AvgIpc) is 2.29. The predicted molar refractivity (Wildman–Crippen MR) is 69.7 cm³/mol. The van der Waals surface area contributed by atoms with Gasteiger partial charge in [0.1, 0.15) is 0 Å². The summed E-state index contributed by atoms with van der Waals surface area (Å²) in [6, 6.07) is 0.503. The van der Waals surface area contributed by atoms with E-state index < -0.39 is 0 Å². The fourth-order valence-corrected chi connectivity index (χ4v) is 3.07. The minimum Gasteiger partial charge on any atom is -0.377 e. The van der Waals surface area contributed by atoms with Crippen molar-refractivity contribution in [1.82, 2.24) is 5.32 Å². The molecule has 1 aliphatic rings. The highest BCUT2D eigenvalue weighted by Crippen LogP contribution is 2.31. The molecule has 1 N–H and O–H groups in total. The zero-order chi connectivity index (χ0) is 12.0. The number of nitrogens with one attached hydrogen (secondary N) is 1. The van der Waals surface area contributed by atoms with E-state index in [-0.39, 0.29) is 0 Å². The molecule has 0 spiro atoms. The first-order valence-electron chi connectivity index (χ1n) is 6.99. The summed E-state index contributed by atoms with van der Waals surface area (Å²) in [7, 11) is 2.07. The van der Waals surface area contributed by atoms with Crippen LogP contribution in [0.4, 0.5) is 0 Å². The Kier molecular flexibility index (Phi) is 6.37. The van der Waals surface area contributed by atoms with Crippen molar-refractivity contribution < 1.29 is 4.74 Å². The Morgan fingerprint density at radius 1 is 1.19 bits per heavy atom. The van der Waals surface area contributed by atoms with Gasteiger partial charge < -0.3 is 10.1 Å². The van der Waals surface area contributed by atoms with Crippen LogP contribution in [-0.2, 0) is 4.74 Å². The Balaban J connectivity index is 2.62. The largest absolute Gasteiger partial charge is 0.377 e. The van der Waals surface area contributed by atoms with E-state index >= 15 is 0 Å². The molecule has 0 aliphatic heterocycles. The quantitative estimate of drug-likeness (QED) is 0.752. The van der Waals surface area contributed by atoms with E-state index in [9.17, 15) is 0 Å². The van der Waals surface area contributed by atoms with Gasteiger partial charge in [-0.1, -0.05) is 33.1 Å².